The maximum atomic E-state index is 12.1. The summed E-state index contributed by atoms with van der Waals surface area (Å²) < 4.78 is 171. The molecule has 0 radical (unpaired) electrons. The van der Waals surface area contributed by atoms with Crippen LogP contribution >= 0.6 is 0 Å². The normalized spacial score (nSPS) is 11.3. The number of hydrogen-bond donors (Lipinski definition) is 2. The van der Waals surface area contributed by atoms with E-state index in [0.717, 1.165) is 0 Å². The van der Waals surface area contributed by atoms with Crippen LogP contribution < -0.4 is 124 Å². The van der Waals surface area contributed by atoms with Crippen LogP contribution in [0.4, 0.5) is 28.4 Å². The Hall–Kier alpha value is -1.10. The van der Waals surface area contributed by atoms with E-state index in [-0.39, 0.29) is 139 Å². The summed E-state index contributed by atoms with van der Waals surface area (Å²) in [5.74, 6) is -1.89. The van der Waals surface area contributed by atoms with E-state index >= 15 is 0 Å². The Bertz CT molecular complexity index is 2640. The molecule has 0 aliphatic rings. The molecule has 32 heteroatoms. The third-order valence-electron chi connectivity index (χ3n) is 6.31. The molecule has 0 fully saturated rings. The number of azo groups is 2. The second-order valence-corrected chi connectivity index (χ2v) is 17.4. The minimum Gasteiger partial charge on any atom is -0.744 e. The molecular formula is C26H21N5Na4O17S6. The van der Waals surface area contributed by atoms with E-state index in [1.165, 1.54) is 48.5 Å². The minimum atomic E-state index is -5.42. The van der Waals surface area contributed by atoms with Gasteiger partial charge in [0.05, 0.1) is 42.0 Å². The van der Waals surface area contributed by atoms with Gasteiger partial charge in [0.2, 0.25) is 0 Å². The molecule has 0 spiro atoms. The van der Waals surface area contributed by atoms with Crippen LogP contribution in [-0.4, -0.2) is 84.6 Å². The van der Waals surface area contributed by atoms with Crippen LogP contribution in [0.25, 0.3) is 10.8 Å². The molecule has 58 heavy (non-hydrogen) atoms. The summed E-state index contributed by atoms with van der Waals surface area (Å²) in [5, 5.41) is 25.1. The molecule has 0 aliphatic heterocycles. The van der Waals surface area contributed by atoms with E-state index in [1.54, 1.807) is 0 Å². The summed E-state index contributed by atoms with van der Waals surface area (Å²) >= 11 is 0. The van der Waals surface area contributed by atoms with Gasteiger partial charge in [-0.2, -0.15) is 10.2 Å². The Labute approximate surface area is 423 Å². The Morgan fingerprint density at radius 1 is 0.569 bits per heavy atom. The van der Waals surface area contributed by atoms with Gasteiger partial charge in [-0.05, 0) is 66.0 Å². The average Bonchev–Trinajstić information content (AvgIpc) is 3.06. The van der Waals surface area contributed by atoms with E-state index < -0.39 is 116 Å². The maximum Gasteiger partial charge on any atom is 1.00 e. The molecule has 4 aromatic rings. The summed E-state index contributed by atoms with van der Waals surface area (Å²) in [5.41, 5.74) is 3.73. The average molecular weight is 960 g/mol. The Morgan fingerprint density at radius 2 is 0.862 bits per heavy atom. The fraction of sp³-hybridized carbons (Fsp3) is 0.0769. The number of aromatic hydroxyl groups is 1. The maximum absolute atomic E-state index is 12.1. The van der Waals surface area contributed by atoms with Crippen LogP contribution in [0.2, 0.25) is 0 Å². The van der Waals surface area contributed by atoms with Crippen LogP contribution in [0.3, 0.4) is 0 Å². The van der Waals surface area contributed by atoms with Crippen molar-refractivity contribution < 1.29 is 191 Å². The predicted molar refractivity (Wildman–Crippen MR) is 181 cm³/mol. The first kappa shape index (κ1) is 61.2. The van der Waals surface area contributed by atoms with Gasteiger partial charge in [-0.3, -0.25) is 0 Å². The fourth-order valence-corrected chi connectivity index (χ4v) is 6.86. The molecule has 4 rings (SSSR count). The van der Waals surface area contributed by atoms with Crippen LogP contribution in [0.1, 0.15) is 0 Å². The van der Waals surface area contributed by atoms with Crippen molar-refractivity contribution in [3.63, 3.8) is 0 Å². The van der Waals surface area contributed by atoms with Crippen LogP contribution in [0, 0.1) is 13.8 Å². The van der Waals surface area contributed by atoms with Crippen molar-refractivity contribution in [1.82, 2.24) is 0 Å². The van der Waals surface area contributed by atoms with Crippen LogP contribution in [0.15, 0.2) is 101 Å². The van der Waals surface area contributed by atoms with Gasteiger partial charge in [0, 0.05) is 0 Å². The van der Waals surface area contributed by atoms with Crippen molar-refractivity contribution in [2.45, 2.75) is 19.6 Å². The number of phenols is 1. The fourth-order valence-electron chi connectivity index (χ4n) is 3.98. The van der Waals surface area contributed by atoms with Crippen molar-refractivity contribution >= 4 is 100 Å². The van der Waals surface area contributed by atoms with E-state index in [4.69, 9.17) is 31.0 Å². The number of phenolic OH excluding ortho intramolecular Hbond substituents is 1. The van der Waals surface area contributed by atoms with E-state index in [0.29, 0.717) is 12.1 Å². The molecule has 0 bridgehead atoms. The van der Waals surface area contributed by atoms with Gasteiger partial charge in [0.1, 0.15) is 31.6 Å². The largest absolute Gasteiger partial charge is 1.00 e. The number of nitrogens with two attached hydrogens (primary N) is 1. The van der Waals surface area contributed by atoms with Crippen molar-refractivity contribution in [3.05, 3.63) is 74.5 Å². The number of sulfone groups is 2. The monoisotopic (exact) mass is 959 g/mol. The quantitative estimate of drug-likeness (QED) is 0.0490. The van der Waals surface area contributed by atoms with Gasteiger partial charge >= 0.3 is 139 Å². The number of hydrogen-bond acceptors (Lipinski definition) is 22. The zero-order valence-electron chi connectivity index (χ0n) is 30.4. The molecule has 292 valence electrons. The first-order valence-corrected chi connectivity index (χ1v) is 21.5. The summed E-state index contributed by atoms with van der Waals surface area (Å²) in [6.45, 7) is 6.67. The second-order valence-electron chi connectivity index (χ2n) is 9.65. The zero-order chi connectivity index (χ0) is 41.4. The van der Waals surface area contributed by atoms with Crippen molar-refractivity contribution in [1.29, 1.82) is 0 Å². The minimum absolute atomic E-state index is 0. The standard InChI is InChI=1S/C26H23N5O11S4.4Na.2O3S/c1-3-43(33,34)18-9-5-16(6-10-18)28-30-24-20(45(37,38)39)13-15-14-21(46(40,41)42)25(26(32)22(15)23(24)27)31-29-17-7-11-19(12-8-17)44(35,36)4-2;;;;;2*1-4(2)3/h5-14,32H,1-4,27H2,(H,37,38,39)(H,40,41,42);;;;;;/q-2;4*+1;;/p-2. The molecule has 0 saturated heterocycles. The zero-order valence-corrected chi connectivity index (χ0v) is 43.3. The first-order chi connectivity index (χ1) is 24.8. The van der Waals surface area contributed by atoms with Gasteiger partial charge in [-0.15, -0.1) is 35.5 Å². The smallest absolute Gasteiger partial charge is 0.744 e. The van der Waals surface area contributed by atoms with Gasteiger partial charge in [-0.1, -0.05) is 11.5 Å². The molecule has 22 nitrogen and oxygen atoms in total. The summed E-state index contributed by atoms with van der Waals surface area (Å²) in [4.78, 5) is -2.41. The number of nitrogens with zero attached hydrogens (tertiary/aromatic N) is 4. The molecule has 0 amide bonds. The molecule has 0 aromatic heterocycles. The topological polar surface area (TPSA) is 381 Å². The SMILES string of the molecule is O=S(=O)=O.O=S(=O)=O.[CH2-]CS(=O)(=O)c1ccc(N=Nc2c(S(=O)(=O)[O-])cc3cc(S(=O)(=O)[O-])c(N=Nc4ccc(S(=O)(=O)C[CH2-])cc4)c(O)c3c2N)cc1.[Na+].[Na+].[Na+].[Na+]. The number of benzene rings is 4. The van der Waals surface area contributed by atoms with Gasteiger partial charge < -0.3 is 33.8 Å². The molecule has 4 aromatic carbocycles. The number of fused-ring (bicyclic) bond motifs is 1. The Balaban J connectivity index is -0.00000231. The van der Waals surface area contributed by atoms with Crippen LogP contribution in [0.5, 0.6) is 5.75 Å². The van der Waals surface area contributed by atoms with Crippen molar-refractivity contribution in [3.8, 4) is 5.75 Å². The summed E-state index contributed by atoms with van der Waals surface area (Å²) in [6, 6.07) is 10.8. The Kier molecular flexibility index (Phi) is 27.2. The van der Waals surface area contributed by atoms with Gasteiger partial charge in [-0.25, -0.2) is 33.7 Å². The first-order valence-electron chi connectivity index (χ1n) is 13.4. The molecular weight excluding hydrogens is 939 g/mol. The predicted octanol–water partition coefficient (Wildman–Crippen LogP) is -10.0. The van der Waals surface area contributed by atoms with E-state index in [1.807, 2.05) is 0 Å². The van der Waals surface area contributed by atoms with Crippen LogP contribution in [-0.2, 0) is 61.1 Å². The summed E-state index contributed by atoms with van der Waals surface area (Å²) in [7, 11) is -24.3. The molecule has 3 N–H and O–H groups in total. The second kappa shape index (κ2) is 25.7. The van der Waals surface area contributed by atoms with E-state index in [9.17, 15) is 47.9 Å². The molecule has 0 aliphatic carbocycles. The number of rotatable bonds is 10. The van der Waals surface area contributed by atoms with Gasteiger partial charge in [0.15, 0.2) is 25.4 Å². The molecule has 0 unspecified atom stereocenters. The number of nitrogen functional groups attached to an aromatic ring is 1. The van der Waals surface area contributed by atoms with Gasteiger partial charge in [0.25, 0.3) is 0 Å². The third kappa shape index (κ3) is 17.7. The number of anilines is 1. The van der Waals surface area contributed by atoms with E-state index in [2.05, 4.69) is 34.3 Å². The summed E-state index contributed by atoms with van der Waals surface area (Å²) in [6.07, 6.45) is 0. The third-order valence-corrected chi connectivity index (χ3v) is 11.1. The molecule has 0 saturated carbocycles. The molecule has 0 atom stereocenters. The van der Waals surface area contributed by atoms with Crippen molar-refractivity contribution in [2.24, 2.45) is 20.5 Å². The van der Waals surface area contributed by atoms with Crippen molar-refractivity contribution in [2.75, 3.05) is 17.2 Å². The molecule has 0 heterocycles. The Morgan fingerprint density at radius 3 is 1.16 bits per heavy atom.